The Labute approximate surface area is 73.6 Å². The molecule has 0 rings (SSSR count). The molecule has 1 unspecified atom stereocenters. The van der Waals surface area contributed by atoms with E-state index in [0.29, 0.717) is 0 Å². The fourth-order valence-corrected chi connectivity index (χ4v) is 1.19. The van der Waals surface area contributed by atoms with Gasteiger partial charge in [-0.05, 0) is 17.9 Å². The molecule has 0 aromatic heterocycles. The van der Waals surface area contributed by atoms with Gasteiger partial charge in [-0.3, -0.25) is 4.79 Å². The lowest BCUT2D eigenvalue weighted by molar-refractivity contribution is -0.140. The molecule has 0 fully saturated rings. The van der Waals surface area contributed by atoms with Crippen molar-refractivity contribution in [2.45, 2.75) is 27.7 Å². The van der Waals surface area contributed by atoms with Gasteiger partial charge >= 0.3 is 5.97 Å². The molecular formula is C10H16O2. The number of carboxylic acid groups (broad SMARTS) is 1. The summed E-state index contributed by atoms with van der Waals surface area (Å²) < 4.78 is 0. The van der Waals surface area contributed by atoms with Gasteiger partial charge in [0.2, 0.25) is 0 Å². The first-order valence-corrected chi connectivity index (χ1v) is 3.94. The maximum absolute atomic E-state index is 10.7. The maximum atomic E-state index is 10.7. The first-order chi connectivity index (χ1) is 5.30. The Hall–Kier alpha value is -1.01. The molecule has 0 aliphatic carbocycles. The van der Waals surface area contributed by atoms with Crippen molar-refractivity contribution in [2.24, 2.45) is 11.3 Å². The molecule has 12 heavy (non-hydrogen) atoms. The van der Waals surface area contributed by atoms with Crippen LogP contribution in [0.4, 0.5) is 0 Å². The van der Waals surface area contributed by atoms with Gasteiger partial charge in [0.25, 0.3) is 0 Å². The lowest BCUT2D eigenvalue weighted by Crippen LogP contribution is -2.21. The van der Waals surface area contributed by atoms with E-state index in [0.717, 1.165) is 5.57 Å². The molecule has 0 aromatic carbocycles. The first kappa shape index (κ1) is 11.0. The summed E-state index contributed by atoms with van der Waals surface area (Å²) in [6.07, 6.45) is 0. The van der Waals surface area contributed by atoms with Crippen LogP contribution in [0, 0.1) is 11.3 Å². The summed E-state index contributed by atoms with van der Waals surface area (Å²) in [7, 11) is 0. The van der Waals surface area contributed by atoms with Crippen LogP contribution >= 0.6 is 0 Å². The number of rotatable bonds is 2. The van der Waals surface area contributed by atoms with E-state index in [9.17, 15) is 4.79 Å². The van der Waals surface area contributed by atoms with Gasteiger partial charge in [-0.1, -0.05) is 27.4 Å². The van der Waals surface area contributed by atoms with Crippen LogP contribution < -0.4 is 0 Å². The molecular weight excluding hydrogens is 152 g/mol. The van der Waals surface area contributed by atoms with Gasteiger partial charge < -0.3 is 5.11 Å². The molecule has 0 spiro atoms. The Bertz CT molecular complexity index is 227. The Morgan fingerprint density at radius 3 is 2.00 bits per heavy atom. The molecule has 1 atom stereocenters. The van der Waals surface area contributed by atoms with E-state index in [1.54, 1.807) is 6.92 Å². The SMILES string of the molecule is C=C=C(C(C)C(=O)O)C(C)(C)C. The highest BCUT2D eigenvalue weighted by Crippen LogP contribution is 2.30. The van der Waals surface area contributed by atoms with Crippen LogP contribution in [0.15, 0.2) is 17.9 Å². The highest BCUT2D eigenvalue weighted by Gasteiger charge is 2.26. The smallest absolute Gasteiger partial charge is 0.311 e. The summed E-state index contributed by atoms with van der Waals surface area (Å²) in [5.41, 5.74) is 3.29. The van der Waals surface area contributed by atoms with Gasteiger partial charge in [-0.25, -0.2) is 0 Å². The quantitative estimate of drug-likeness (QED) is 0.643. The largest absolute Gasteiger partial charge is 0.481 e. The minimum atomic E-state index is -0.823. The Morgan fingerprint density at radius 2 is 1.92 bits per heavy atom. The Balaban J connectivity index is 4.85. The Morgan fingerprint density at radius 1 is 1.50 bits per heavy atom. The van der Waals surface area contributed by atoms with Crippen LogP contribution in [0.3, 0.4) is 0 Å². The van der Waals surface area contributed by atoms with Gasteiger partial charge in [0, 0.05) is 0 Å². The van der Waals surface area contributed by atoms with E-state index >= 15 is 0 Å². The van der Waals surface area contributed by atoms with Crippen molar-refractivity contribution in [2.75, 3.05) is 0 Å². The topological polar surface area (TPSA) is 37.3 Å². The van der Waals surface area contributed by atoms with Crippen LogP contribution in [-0.4, -0.2) is 11.1 Å². The summed E-state index contributed by atoms with van der Waals surface area (Å²) in [5, 5.41) is 8.76. The fraction of sp³-hybridized carbons (Fsp3) is 0.600. The van der Waals surface area contributed by atoms with Gasteiger partial charge in [0.1, 0.15) is 0 Å². The number of hydrogen-bond acceptors (Lipinski definition) is 1. The average molecular weight is 168 g/mol. The number of carboxylic acids is 1. The molecule has 0 radical (unpaired) electrons. The summed E-state index contributed by atoms with van der Waals surface area (Å²) >= 11 is 0. The van der Waals surface area contributed by atoms with E-state index in [1.165, 1.54) is 0 Å². The molecule has 2 nitrogen and oxygen atoms in total. The van der Waals surface area contributed by atoms with Crippen molar-refractivity contribution < 1.29 is 9.90 Å². The first-order valence-electron chi connectivity index (χ1n) is 3.94. The van der Waals surface area contributed by atoms with Gasteiger partial charge in [-0.2, -0.15) is 0 Å². The van der Waals surface area contributed by atoms with Gasteiger partial charge in [-0.15, -0.1) is 5.73 Å². The second-order valence-electron chi connectivity index (χ2n) is 3.90. The monoisotopic (exact) mass is 168 g/mol. The molecule has 0 aliphatic rings. The van der Waals surface area contributed by atoms with Crippen molar-refractivity contribution in [1.82, 2.24) is 0 Å². The molecule has 0 aliphatic heterocycles. The zero-order valence-electron chi connectivity index (χ0n) is 8.14. The summed E-state index contributed by atoms with van der Waals surface area (Å²) in [4.78, 5) is 10.7. The molecule has 0 bridgehead atoms. The molecule has 1 N–H and O–H groups in total. The molecule has 0 aromatic rings. The van der Waals surface area contributed by atoms with E-state index in [4.69, 9.17) is 5.11 Å². The minimum absolute atomic E-state index is 0.167. The third-order valence-corrected chi connectivity index (χ3v) is 1.80. The van der Waals surface area contributed by atoms with Crippen molar-refractivity contribution in [1.29, 1.82) is 0 Å². The van der Waals surface area contributed by atoms with Crippen LogP contribution in [0.5, 0.6) is 0 Å². The highest BCUT2D eigenvalue weighted by molar-refractivity contribution is 5.73. The molecule has 0 saturated carbocycles. The number of aliphatic carboxylic acids is 1. The predicted octanol–water partition coefficient (Wildman–Crippen LogP) is 2.46. The van der Waals surface area contributed by atoms with Crippen LogP contribution in [0.1, 0.15) is 27.7 Å². The molecule has 0 heterocycles. The molecule has 2 heteroatoms. The Kier molecular flexibility index (Phi) is 3.29. The molecule has 0 saturated heterocycles. The standard InChI is InChI=1S/C10H16O2/c1-6-8(10(3,4)5)7(2)9(11)12/h7H,1H2,2-5H3,(H,11,12). The minimum Gasteiger partial charge on any atom is -0.481 e. The second-order valence-corrected chi connectivity index (χ2v) is 3.90. The zero-order chi connectivity index (χ0) is 9.94. The van der Waals surface area contributed by atoms with Gasteiger partial charge in [0.15, 0.2) is 0 Å². The lowest BCUT2D eigenvalue weighted by atomic mass is 9.80. The second kappa shape index (κ2) is 3.59. The third-order valence-electron chi connectivity index (χ3n) is 1.80. The predicted molar refractivity (Wildman–Crippen MR) is 48.9 cm³/mol. The van der Waals surface area contributed by atoms with E-state index in [-0.39, 0.29) is 5.41 Å². The van der Waals surface area contributed by atoms with Crippen molar-refractivity contribution >= 4 is 5.97 Å². The zero-order valence-corrected chi connectivity index (χ0v) is 8.14. The summed E-state index contributed by atoms with van der Waals surface area (Å²) in [6, 6.07) is 0. The van der Waals surface area contributed by atoms with E-state index < -0.39 is 11.9 Å². The fourth-order valence-electron chi connectivity index (χ4n) is 1.19. The highest BCUT2D eigenvalue weighted by atomic mass is 16.4. The van der Waals surface area contributed by atoms with Crippen molar-refractivity contribution in [3.8, 4) is 0 Å². The third kappa shape index (κ3) is 2.55. The van der Waals surface area contributed by atoms with E-state index in [1.807, 2.05) is 20.8 Å². The number of carbonyl (C=O) groups is 1. The lowest BCUT2D eigenvalue weighted by Gasteiger charge is -2.23. The van der Waals surface area contributed by atoms with Gasteiger partial charge in [0.05, 0.1) is 5.92 Å². The summed E-state index contributed by atoms with van der Waals surface area (Å²) in [6.45, 7) is 11.0. The van der Waals surface area contributed by atoms with Crippen LogP contribution in [-0.2, 0) is 4.79 Å². The van der Waals surface area contributed by atoms with Crippen LogP contribution in [0.2, 0.25) is 0 Å². The summed E-state index contributed by atoms with van der Waals surface area (Å²) in [5.74, 6) is -1.32. The average Bonchev–Trinajstić information content (AvgIpc) is 1.85. The van der Waals surface area contributed by atoms with Crippen molar-refractivity contribution in [3.05, 3.63) is 17.9 Å². The molecule has 68 valence electrons. The van der Waals surface area contributed by atoms with Crippen LogP contribution in [0.25, 0.3) is 0 Å². The maximum Gasteiger partial charge on any atom is 0.311 e. The van der Waals surface area contributed by atoms with Crippen molar-refractivity contribution in [3.63, 3.8) is 0 Å². The molecule has 0 amide bonds. The normalized spacial score (nSPS) is 13.3. The van der Waals surface area contributed by atoms with E-state index in [2.05, 4.69) is 12.3 Å². The number of hydrogen-bond donors (Lipinski definition) is 1.